The lowest BCUT2D eigenvalue weighted by atomic mass is 10.1. The normalized spacial score (nSPS) is 25.9. The van der Waals surface area contributed by atoms with Gasteiger partial charge in [-0.1, -0.05) is 0 Å². The summed E-state index contributed by atoms with van der Waals surface area (Å²) in [6.45, 7) is 3.91. The fourth-order valence-corrected chi connectivity index (χ4v) is 2.36. The van der Waals surface area contributed by atoms with Gasteiger partial charge in [0, 0.05) is 39.1 Å². The van der Waals surface area contributed by atoms with Crippen molar-refractivity contribution in [1.29, 1.82) is 0 Å². The van der Waals surface area contributed by atoms with Gasteiger partial charge in [-0.2, -0.15) is 0 Å². The van der Waals surface area contributed by atoms with Gasteiger partial charge in [0.15, 0.2) is 0 Å². The van der Waals surface area contributed by atoms with E-state index in [9.17, 15) is 9.59 Å². The molecule has 2 fully saturated rings. The first-order valence-corrected chi connectivity index (χ1v) is 5.94. The molecule has 0 spiro atoms. The first kappa shape index (κ1) is 11.4. The molecule has 0 saturated carbocycles. The number of nitrogens with one attached hydrogen (secondary N) is 1. The maximum absolute atomic E-state index is 11.9. The van der Waals surface area contributed by atoms with E-state index >= 15 is 0 Å². The quantitative estimate of drug-likeness (QED) is 0.692. The van der Waals surface area contributed by atoms with E-state index in [-0.39, 0.29) is 11.9 Å². The predicted octanol–water partition coefficient (Wildman–Crippen LogP) is -0.660. The Morgan fingerprint density at radius 1 is 1.31 bits per heavy atom. The fraction of sp³-hybridized carbons (Fsp3) is 0.818. The van der Waals surface area contributed by atoms with Crippen LogP contribution in [0, 0.1) is 0 Å². The van der Waals surface area contributed by atoms with E-state index in [1.807, 2.05) is 11.3 Å². The van der Waals surface area contributed by atoms with Crippen LogP contribution in [0.2, 0.25) is 0 Å². The van der Waals surface area contributed by atoms with Crippen molar-refractivity contribution in [3.05, 3.63) is 0 Å². The molecule has 1 N–H and O–H groups in total. The summed E-state index contributed by atoms with van der Waals surface area (Å²) in [5, 5.41) is 3.20. The van der Waals surface area contributed by atoms with Crippen molar-refractivity contribution in [2.45, 2.75) is 25.3 Å². The second-order valence-corrected chi connectivity index (χ2v) is 4.43. The number of rotatable bonds is 3. The van der Waals surface area contributed by atoms with Gasteiger partial charge in [-0.15, -0.1) is 0 Å². The molecular formula is C11H18N3O2. The average molecular weight is 224 g/mol. The van der Waals surface area contributed by atoms with Crippen LogP contribution in [0.3, 0.4) is 0 Å². The van der Waals surface area contributed by atoms with Crippen LogP contribution >= 0.6 is 0 Å². The number of nitrogens with zero attached hydrogens (tertiary/aromatic N) is 2. The second kappa shape index (κ2) is 5.30. The van der Waals surface area contributed by atoms with Gasteiger partial charge in [-0.25, -0.2) is 0 Å². The third kappa shape index (κ3) is 2.52. The zero-order valence-electron chi connectivity index (χ0n) is 9.45. The van der Waals surface area contributed by atoms with Crippen molar-refractivity contribution >= 4 is 12.3 Å². The molecule has 2 aliphatic rings. The zero-order chi connectivity index (χ0) is 11.4. The molecule has 89 valence electrons. The third-order valence-electron chi connectivity index (χ3n) is 3.34. The minimum atomic E-state index is -0.0145. The SMILES string of the molecule is O=[C]N1CCNCC1CC(=O)N1CCCC1. The number of likely N-dealkylation sites (tertiary alicyclic amines) is 1. The zero-order valence-corrected chi connectivity index (χ0v) is 9.45. The summed E-state index contributed by atoms with van der Waals surface area (Å²) in [4.78, 5) is 26.2. The number of hydrogen-bond donors (Lipinski definition) is 1. The molecule has 2 aliphatic heterocycles. The van der Waals surface area contributed by atoms with Crippen LogP contribution in [0.15, 0.2) is 0 Å². The van der Waals surface area contributed by atoms with E-state index in [1.165, 1.54) is 0 Å². The van der Waals surface area contributed by atoms with Gasteiger partial charge < -0.3 is 15.1 Å². The summed E-state index contributed by atoms with van der Waals surface area (Å²) in [5.74, 6) is 0.173. The molecule has 2 rings (SSSR count). The van der Waals surface area contributed by atoms with Crippen molar-refractivity contribution in [2.24, 2.45) is 0 Å². The summed E-state index contributed by atoms with van der Waals surface area (Å²) in [6, 6.07) is -0.0145. The predicted molar refractivity (Wildman–Crippen MR) is 59.5 cm³/mol. The first-order chi connectivity index (χ1) is 7.81. The highest BCUT2D eigenvalue weighted by atomic mass is 16.2. The molecule has 2 amide bonds. The summed E-state index contributed by atoms with van der Waals surface area (Å²) < 4.78 is 0. The number of amides is 2. The number of carbonyl (C=O) groups is 1. The summed E-state index contributed by atoms with van der Waals surface area (Å²) in [5.41, 5.74) is 0. The number of piperazine rings is 1. The van der Waals surface area contributed by atoms with Crippen molar-refractivity contribution in [3.8, 4) is 0 Å². The lowest BCUT2D eigenvalue weighted by Gasteiger charge is -2.33. The van der Waals surface area contributed by atoms with E-state index in [1.54, 1.807) is 4.90 Å². The molecule has 1 unspecified atom stereocenters. The molecule has 5 nitrogen and oxygen atoms in total. The molecule has 0 aliphatic carbocycles. The van der Waals surface area contributed by atoms with Gasteiger partial charge in [-0.3, -0.25) is 9.59 Å². The minimum Gasteiger partial charge on any atom is -0.343 e. The van der Waals surface area contributed by atoms with E-state index in [0.717, 1.165) is 32.5 Å². The van der Waals surface area contributed by atoms with Crippen LogP contribution < -0.4 is 5.32 Å². The van der Waals surface area contributed by atoms with Crippen LogP contribution in [0.1, 0.15) is 19.3 Å². The molecule has 0 aromatic heterocycles. The smallest absolute Gasteiger partial charge is 0.312 e. The van der Waals surface area contributed by atoms with E-state index < -0.39 is 0 Å². The molecule has 16 heavy (non-hydrogen) atoms. The molecule has 0 aromatic rings. The van der Waals surface area contributed by atoms with Gasteiger partial charge in [-0.05, 0) is 12.8 Å². The van der Waals surface area contributed by atoms with E-state index in [2.05, 4.69) is 5.32 Å². The Morgan fingerprint density at radius 2 is 2.06 bits per heavy atom. The second-order valence-electron chi connectivity index (χ2n) is 4.43. The molecular weight excluding hydrogens is 206 g/mol. The van der Waals surface area contributed by atoms with Crippen LogP contribution in [0.25, 0.3) is 0 Å². The fourth-order valence-electron chi connectivity index (χ4n) is 2.36. The van der Waals surface area contributed by atoms with Gasteiger partial charge in [0.2, 0.25) is 5.91 Å². The van der Waals surface area contributed by atoms with Crippen LogP contribution in [0.5, 0.6) is 0 Å². The average Bonchev–Trinajstić information content (AvgIpc) is 2.83. The Kier molecular flexibility index (Phi) is 3.77. The first-order valence-electron chi connectivity index (χ1n) is 5.94. The molecule has 1 radical (unpaired) electrons. The highest BCUT2D eigenvalue weighted by molar-refractivity contribution is 5.77. The largest absolute Gasteiger partial charge is 0.343 e. The molecule has 2 saturated heterocycles. The van der Waals surface area contributed by atoms with Gasteiger partial charge in [0.1, 0.15) is 0 Å². The lowest BCUT2D eigenvalue weighted by Crippen LogP contribution is -2.52. The van der Waals surface area contributed by atoms with Crippen molar-refractivity contribution in [3.63, 3.8) is 0 Å². The summed E-state index contributed by atoms with van der Waals surface area (Å²) in [6.07, 6.45) is 4.57. The van der Waals surface area contributed by atoms with Gasteiger partial charge in [0.25, 0.3) is 0 Å². The number of hydrogen-bond acceptors (Lipinski definition) is 3. The molecule has 0 aromatic carbocycles. The molecule has 5 heteroatoms. The Bertz CT molecular complexity index is 264. The van der Waals surface area contributed by atoms with E-state index in [4.69, 9.17) is 0 Å². The van der Waals surface area contributed by atoms with Gasteiger partial charge in [0.05, 0.1) is 6.04 Å². The third-order valence-corrected chi connectivity index (χ3v) is 3.34. The Morgan fingerprint density at radius 3 is 2.75 bits per heavy atom. The lowest BCUT2D eigenvalue weighted by molar-refractivity contribution is -0.131. The van der Waals surface area contributed by atoms with Crippen LogP contribution in [-0.4, -0.2) is 60.9 Å². The summed E-state index contributed by atoms with van der Waals surface area (Å²) >= 11 is 0. The van der Waals surface area contributed by atoms with Crippen molar-refractivity contribution < 1.29 is 9.59 Å². The van der Waals surface area contributed by atoms with Crippen molar-refractivity contribution in [2.75, 3.05) is 32.7 Å². The number of carbonyl (C=O) groups excluding carboxylic acids is 2. The topological polar surface area (TPSA) is 52.7 Å². The molecule has 0 bridgehead atoms. The standard InChI is InChI=1S/C11H18N3O2/c15-9-14-6-3-12-8-10(14)7-11(16)13-4-1-2-5-13/h10,12H,1-8H2. The highest BCUT2D eigenvalue weighted by Gasteiger charge is 2.27. The van der Waals surface area contributed by atoms with E-state index in [0.29, 0.717) is 19.5 Å². The Labute approximate surface area is 95.8 Å². The van der Waals surface area contributed by atoms with Crippen LogP contribution in [-0.2, 0) is 9.59 Å². The summed E-state index contributed by atoms with van der Waals surface area (Å²) in [7, 11) is 0. The van der Waals surface area contributed by atoms with Crippen LogP contribution in [0.4, 0.5) is 0 Å². The Hall–Kier alpha value is -1.10. The minimum absolute atomic E-state index is 0.0145. The molecule has 1 atom stereocenters. The molecule has 2 heterocycles. The maximum atomic E-state index is 11.9. The maximum Gasteiger partial charge on any atom is 0.312 e. The van der Waals surface area contributed by atoms with Gasteiger partial charge >= 0.3 is 6.41 Å². The van der Waals surface area contributed by atoms with Crippen molar-refractivity contribution in [1.82, 2.24) is 15.1 Å². The Balaban J connectivity index is 1.86. The monoisotopic (exact) mass is 224 g/mol. The highest BCUT2D eigenvalue weighted by Crippen LogP contribution is 2.12.